The van der Waals surface area contributed by atoms with Crippen LogP contribution in [-0.4, -0.2) is 26.1 Å². The Balaban J connectivity index is 0.000000233. The van der Waals surface area contributed by atoms with Gasteiger partial charge in [-0.3, -0.25) is 4.55 Å². The van der Waals surface area contributed by atoms with Crippen molar-refractivity contribution in [1.29, 1.82) is 0 Å². The summed E-state index contributed by atoms with van der Waals surface area (Å²) in [5.41, 5.74) is 2.36. The first-order valence-corrected chi connectivity index (χ1v) is 13.5. The van der Waals surface area contributed by atoms with E-state index in [1.54, 1.807) is 31.2 Å². The second kappa shape index (κ2) is 10.9. The van der Waals surface area contributed by atoms with Crippen LogP contribution in [0.5, 0.6) is 5.75 Å². The van der Waals surface area contributed by atoms with Crippen molar-refractivity contribution in [2.24, 2.45) is 5.92 Å². The van der Waals surface area contributed by atoms with Crippen LogP contribution in [0.25, 0.3) is 0 Å². The van der Waals surface area contributed by atoms with Crippen LogP contribution in [0.2, 0.25) is 5.02 Å². The molecule has 2 aliphatic rings. The molecule has 5 rings (SSSR count). The molecule has 2 heterocycles. The van der Waals surface area contributed by atoms with Gasteiger partial charge in [0.2, 0.25) is 5.79 Å². The number of halogens is 2. The van der Waals surface area contributed by atoms with Gasteiger partial charge in [-0.2, -0.15) is 8.42 Å². The molecule has 0 bridgehead atoms. The van der Waals surface area contributed by atoms with Crippen molar-refractivity contribution in [2.45, 2.75) is 43.5 Å². The molecule has 3 aromatic rings. The number of hydrogen-bond acceptors (Lipinski definition) is 5. The number of benzene rings is 3. The number of nitrogens with one attached hydrogen (secondary N) is 1. The second-order valence-electron chi connectivity index (χ2n) is 9.12. The highest BCUT2D eigenvalue weighted by atomic mass is 35.5. The zero-order valence-electron chi connectivity index (χ0n) is 20.1. The van der Waals surface area contributed by atoms with E-state index < -0.39 is 21.7 Å². The minimum absolute atomic E-state index is 0.0666. The number of ether oxygens (including phenoxy) is 2. The van der Waals surface area contributed by atoms with Crippen molar-refractivity contribution < 1.29 is 26.8 Å². The number of aryl methyl sites for hydroxylation is 1. The zero-order valence-corrected chi connectivity index (χ0v) is 21.7. The molecule has 1 saturated heterocycles. The average Bonchev–Trinajstić information content (AvgIpc) is 2.84. The molecule has 0 spiro atoms. The molecule has 6 nitrogen and oxygen atoms in total. The Labute approximate surface area is 216 Å². The van der Waals surface area contributed by atoms with Crippen molar-refractivity contribution in [2.75, 3.05) is 13.1 Å². The summed E-state index contributed by atoms with van der Waals surface area (Å²) in [4.78, 5) is -0.0666. The third kappa shape index (κ3) is 6.07. The van der Waals surface area contributed by atoms with Gasteiger partial charge in [-0.05, 0) is 75.2 Å². The predicted octanol–water partition coefficient (Wildman–Crippen LogP) is 6.04. The number of rotatable bonds is 3. The average molecular weight is 534 g/mol. The Kier molecular flexibility index (Phi) is 8.02. The Morgan fingerprint density at radius 1 is 1.06 bits per heavy atom. The summed E-state index contributed by atoms with van der Waals surface area (Å²) in [6.45, 7) is 5.57. The molecule has 3 aromatic carbocycles. The fourth-order valence-electron chi connectivity index (χ4n) is 4.53. The lowest BCUT2D eigenvalue weighted by Gasteiger charge is -2.43. The molecule has 1 fully saturated rings. The molecule has 36 heavy (non-hydrogen) atoms. The van der Waals surface area contributed by atoms with Gasteiger partial charge in [-0.1, -0.05) is 47.5 Å². The highest BCUT2D eigenvalue weighted by Crippen LogP contribution is 2.48. The van der Waals surface area contributed by atoms with E-state index in [2.05, 4.69) is 5.32 Å². The van der Waals surface area contributed by atoms with Crippen molar-refractivity contribution in [3.8, 4) is 5.75 Å². The van der Waals surface area contributed by atoms with Crippen LogP contribution in [0.3, 0.4) is 0 Å². The quantitative estimate of drug-likeness (QED) is 0.399. The summed E-state index contributed by atoms with van der Waals surface area (Å²) >= 11 is 5.90. The summed E-state index contributed by atoms with van der Waals surface area (Å²) in [5.74, 6) is -0.466. The maximum Gasteiger partial charge on any atom is 0.294 e. The van der Waals surface area contributed by atoms with Gasteiger partial charge in [-0.15, -0.1) is 0 Å². The van der Waals surface area contributed by atoms with E-state index in [1.807, 2.05) is 31.2 Å². The maximum absolute atomic E-state index is 14.6. The highest BCUT2D eigenvalue weighted by Gasteiger charge is 2.44. The molecular weight excluding hydrogens is 505 g/mol. The third-order valence-electron chi connectivity index (χ3n) is 6.43. The Hall–Kier alpha value is -2.49. The number of fused-ring (bicyclic) bond motifs is 1. The molecule has 2 unspecified atom stereocenters. The van der Waals surface area contributed by atoms with Crippen LogP contribution in [0.4, 0.5) is 4.39 Å². The smallest absolute Gasteiger partial charge is 0.294 e. The first-order valence-electron chi connectivity index (χ1n) is 11.7. The molecule has 0 aliphatic carbocycles. The second-order valence-corrected chi connectivity index (χ2v) is 11.0. The third-order valence-corrected chi connectivity index (χ3v) is 7.54. The molecule has 2 aliphatic heterocycles. The summed E-state index contributed by atoms with van der Waals surface area (Å²) in [6, 6.07) is 18.5. The monoisotopic (exact) mass is 533 g/mol. The first kappa shape index (κ1) is 26.6. The van der Waals surface area contributed by atoms with Crippen LogP contribution in [-0.2, 0) is 20.6 Å². The maximum atomic E-state index is 14.6. The van der Waals surface area contributed by atoms with Crippen molar-refractivity contribution in [3.63, 3.8) is 0 Å². The van der Waals surface area contributed by atoms with Crippen molar-refractivity contribution >= 4 is 21.7 Å². The number of piperidine rings is 1. The van der Waals surface area contributed by atoms with Gasteiger partial charge in [0.05, 0.1) is 16.6 Å². The molecule has 0 aromatic heterocycles. The van der Waals surface area contributed by atoms with Gasteiger partial charge in [0.1, 0.15) is 11.6 Å². The van der Waals surface area contributed by atoms with E-state index in [0.717, 1.165) is 42.8 Å². The fraction of sp³-hybridized carbons (Fsp3) is 0.333. The Bertz CT molecular complexity index is 1310. The largest absolute Gasteiger partial charge is 0.458 e. The first-order chi connectivity index (χ1) is 17.1. The van der Waals surface area contributed by atoms with Crippen molar-refractivity contribution in [1.82, 2.24) is 5.32 Å². The molecule has 0 saturated carbocycles. The van der Waals surface area contributed by atoms with Gasteiger partial charge in [0, 0.05) is 17.5 Å². The Morgan fingerprint density at radius 2 is 1.72 bits per heavy atom. The van der Waals surface area contributed by atoms with Gasteiger partial charge in [0.25, 0.3) is 10.1 Å². The standard InChI is InChI=1S/C20H21ClFNO2.C7H8O3S/c1-20(16-7-6-14(21)12-17(16)22)24-18-5-3-2-4-15(18)19(25-20)13-8-10-23-11-9-13;1-6-2-4-7(5-3-6)11(8,9)10/h2-7,12-13,19,23H,8-11H2,1H3;2-5H,1H3,(H,8,9,10). The number of hydrogen-bond donors (Lipinski definition) is 2. The lowest BCUT2D eigenvalue weighted by molar-refractivity contribution is -0.242. The minimum atomic E-state index is -4.02. The SMILES string of the molecule is CC1(c2ccc(Cl)cc2F)Oc2ccccc2C(C2CCNCC2)O1.Cc1ccc(S(=O)(=O)O)cc1. The van der Waals surface area contributed by atoms with E-state index >= 15 is 0 Å². The molecule has 0 amide bonds. The Morgan fingerprint density at radius 3 is 2.36 bits per heavy atom. The van der Waals surface area contributed by atoms with E-state index in [4.69, 9.17) is 25.6 Å². The van der Waals surface area contributed by atoms with E-state index in [-0.39, 0.29) is 11.0 Å². The van der Waals surface area contributed by atoms with Crippen LogP contribution < -0.4 is 10.1 Å². The fourth-order valence-corrected chi connectivity index (χ4v) is 5.17. The highest BCUT2D eigenvalue weighted by molar-refractivity contribution is 7.85. The molecule has 2 N–H and O–H groups in total. The molecule has 9 heteroatoms. The molecule has 0 radical (unpaired) electrons. The lowest BCUT2D eigenvalue weighted by atomic mass is 9.86. The summed E-state index contributed by atoms with van der Waals surface area (Å²) in [5, 5.41) is 3.74. The normalized spacial score (nSPS) is 22.1. The molecule has 192 valence electrons. The van der Waals surface area contributed by atoms with E-state index in [1.165, 1.54) is 18.2 Å². The van der Waals surface area contributed by atoms with Crippen LogP contribution in [0.15, 0.2) is 71.6 Å². The predicted molar refractivity (Wildman–Crippen MR) is 136 cm³/mol. The summed E-state index contributed by atoms with van der Waals surface area (Å²) in [7, 11) is -4.02. The van der Waals surface area contributed by atoms with Crippen LogP contribution in [0.1, 0.15) is 42.6 Å². The van der Waals surface area contributed by atoms with Gasteiger partial charge < -0.3 is 14.8 Å². The molecular formula is C27H29ClFNO5S. The van der Waals surface area contributed by atoms with Gasteiger partial charge in [0.15, 0.2) is 0 Å². The zero-order chi connectivity index (χ0) is 25.9. The van der Waals surface area contributed by atoms with E-state index in [0.29, 0.717) is 16.5 Å². The number of para-hydroxylation sites is 1. The summed E-state index contributed by atoms with van der Waals surface area (Å²) in [6.07, 6.45) is 1.93. The van der Waals surface area contributed by atoms with Crippen LogP contribution >= 0.6 is 11.6 Å². The minimum Gasteiger partial charge on any atom is -0.458 e. The van der Waals surface area contributed by atoms with Gasteiger partial charge in [-0.25, -0.2) is 4.39 Å². The summed E-state index contributed by atoms with van der Waals surface area (Å²) < 4.78 is 56.7. The van der Waals surface area contributed by atoms with Gasteiger partial charge >= 0.3 is 0 Å². The van der Waals surface area contributed by atoms with Crippen LogP contribution in [0, 0.1) is 18.7 Å². The lowest BCUT2D eigenvalue weighted by Crippen LogP contribution is -2.42. The molecule has 2 atom stereocenters. The topological polar surface area (TPSA) is 84.9 Å². The van der Waals surface area contributed by atoms with Crippen molar-refractivity contribution in [3.05, 3.63) is 94.3 Å². The van der Waals surface area contributed by atoms with E-state index in [9.17, 15) is 12.8 Å².